The Kier molecular flexibility index (Phi) is 2.00. The lowest BCUT2D eigenvalue weighted by Gasteiger charge is -2.02. The number of Topliss-reactive ketones (excluding diaryl/α,β-unsaturated/α-hetero) is 1. The fourth-order valence-corrected chi connectivity index (χ4v) is 1.70. The van der Waals surface area contributed by atoms with Crippen LogP contribution in [0.15, 0.2) is 18.2 Å². The van der Waals surface area contributed by atoms with E-state index < -0.39 is 0 Å². The topological polar surface area (TPSA) is 26.3 Å². The van der Waals surface area contributed by atoms with Gasteiger partial charge in [-0.25, -0.2) is 0 Å². The van der Waals surface area contributed by atoms with Crippen molar-refractivity contribution in [1.29, 1.82) is 0 Å². The summed E-state index contributed by atoms with van der Waals surface area (Å²) in [6.45, 7) is 2.02. The first-order valence-corrected chi connectivity index (χ1v) is 4.49. The number of carbonyl (C=O) groups is 1. The van der Waals surface area contributed by atoms with Gasteiger partial charge in [0.25, 0.3) is 0 Å². The summed E-state index contributed by atoms with van der Waals surface area (Å²) >= 11 is 5.83. The van der Waals surface area contributed by atoms with E-state index in [1.54, 1.807) is 25.1 Å². The summed E-state index contributed by atoms with van der Waals surface area (Å²) < 4.78 is 5.35. The van der Waals surface area contributed by atoms with Crippen LogP contribution in [0.3, 0.4) is 0 Å². The average molecular weight is 197 g/mol. The van der Waals surface area contributed by atoms with E-state index >= 15 is 0 Å². The number of rotatable bonds is 1. The lowest BCUT2D eigenvalue weighted by molar-refractivity contribution is -0.118. The van der Waals surface area contributed by atoms with Crippen molar-refractivity contribution in [3.05, 3.63) is 28.8 Å². The van der Waals surface area contributed by atoms with E-state index in [4.69, 9.17) is 16.3 Å². The van der Waals surface area contributed by atoms with E-state index in [2.05, 4.69) is 0 Å². The summed E-state index contributed by atoms with van der Waals surface area (Å²) in [6, 6.07) is 5.37. The first kappa shape index (κ1) is 8.57. The quantitative estimate of drug-likeness (QED) is 0.690. The van der Waals surface area contributed by atoms with Gasteiger partial charge < -0.3 is 4.74 Å². The van der Waals surface area contributed by atoms with Gasteiger partial charge in [0, 0.05) is 10.6 Å². The largest absolute Gasteiger partial charge is 0.492 e. The van der Waals surface area contributed by atoms with Crippen LogP contribution in [-0.2, 0) is 4.79 Å². The van der Waals surface area contributed by atoms with Crippen LogP contribution in [0.2, 0.25) is 5.02 Å². The van der Waals surface area contributed by atoms with Gasteiger partial charge >= 0.3 is 0 Å². The first-order valence-electron chi connectivity index (χ1n) is 4.11. The minimum Gasteiger partial charge on any atom is -0.492 e. The van der Waals surface area contributed by atoms with Crippen LogP contribution in [0.1, 0.15) is 18.4 Å². The van der Waals surface area contributed by atoms with E-state index in [1.807, 2.05) is 0 Å². The third kappa shape index (κ3) is 1.42. The minimum absolute atomic E-state index is 0.126. The summed E-state index contributed by atoms with van der Waals surface area (Å²) in [5.74, 6) is 0.777. The molecule has 1 unspecified atom stereocenters. The molecule has 1 atom stereocenters. The first-order chi connectivity index (χ1) is 6.18. The lowest BCUT2D eigenvalue weighted by atomic mass is 9.98. The van der Waals surface area contributed by atoms with Crippen molar-refractivity contribution < 1.29 is 9.53 Å². The molecule has 0 fully saturated rings. The van der Waals surface area contributed by atoms with Crippen molar-refractivity contribution >= 4 is 17.4 Å². The smallest absolute Gasteiger partial charge is 0.140 e. The maximum absolute atomic E-state index is 11.2. The minimum atomic E-state index is -0.131. The van der Waals surface area contributed by atoms with Crippen LogP contribution in [0.4, 0.5) is 0 Å². The van der Waals surface area contributed by atoms with Crippen molar-refractivity contribution in [2.75, 3.05) is 6.61 Å². The molecule has 0 saturated carbocycles. The Morgan fingerprint density at radius 1 is 1.62 bits per heavy atom. The highest BCUT2D eigenvalue weighted by molar-refractivity contribution is 6.30. The Labute approximate surface area is 81.5 Å². The van der Waals surface area contributed by atoms with Crippen LogP contribution in [0.5, 0.6) is 5.75 Å². The molecule has 1 aliphatic heterocycles. The number of hydrogen-bond acceptors (Lipinski definition) is 2. The molecule has 0 amide bonds. The van der Waals surface area contributed by atoms with E-state index in [0.717, 1.165) is 11.3 Å². The predicted molar refractivity (Wildman–Crippen MR) is 50.4 cm³/mol. The summed E-state index contributed by atoms with van der Waals surface area (Å²) in [5, 5.41) is 0.649. The van der Waals surface area contributed by atoms with E-state index in [0.29, 0.717) is 11.6 Å². The van der Waals surface area contributed by atoms with Gasteiger partial charge in [-0.1, -0.05) is 11.6 Å². The van der Waals surface area contributed by atoms with Crippen LogP contribution < -0.4 is 4.74 Å². The van der Waals surface area contributed by atoms with Crippen LogP contribution >= 0.6 is 11.6 Å². The lowest BCUT2D eigenvalue weighted by Crippen LogP contribution is -2.09. The molecule has 0 spiro atoms. The second-order valence-corrected chi connectivity index (χ2v) is 3.59. The average Bonchev–Trinajstić information content (AvgIpc) is 2.46. The summed E-state index contributed by atoms with van der Waals surface area (Å²) in [7, 11) is 0. The molecule has 2 nitrogen and oxygen atoms in total. The standard InChI is InChI=1S/C10H9ClO2/c1-6(12)9-5-13-10-3-2-7(11)4-8(9)10/h2-4,9H,5H2,1H3. The molecule has 0 radical (unpaired) electrons. The molecule has 0 aromatic heterocycles. The van der Waals surface area contributed by atoms with Gasteiger partial charge in [0.05, 0.1) is 5.92 Å². The number of fused-ring (bicyclic) bond motifs is 1. The summed E-state index contributed by atoms with van der Waals surface area (Å²) in [4.78, 5) is 11.2. The Morgan fingerprint density at radius 2 is 2.38 bits per heavy atom. The second-order valence-electron chi connectivity index (χ2n) is 3.16. The molecule has 1 aromatic carbocycles. The highest BCUT2D eigenvalue weighted by atomic mass is 35.5. The van der Waals surface area contributed by atoms with Crippen LogP contribution in [0, 0.1) is 0 Å². The maximum atomic E-state index is 11.2. The molecule has 13 heavy (non-hydrogen) atoms. The van der Waals surface area contributed by atoms with Crippen molar-refractivity contribution in [2.24, 2.45) is 0 Å². The third-order valence-corrected chi connectivity index (χ3v) is 2.48. The monoisotopic (exact) mass is 196 g/mol. The van der Waals surface area contributed by atoms with Gasteiger partial charge in [-0.2, -0.15) is 0 Å². The van der Waals surface area contributed by atoms with Crippen LogP contribution in [0.25, 0.3) is 0 Å². The summed E-state index contributed by atoms with van der Waals surface area (Å²) in [5.41, 5.74) is 0.917. The Balaban J connectivity index is 2.46. The van der Waals surface area contributed by atoms with Gasteiger partial charge in [-0.05, 0) is 25.1 Å². The number of hydrogen-bond donors (Lipinski definition) is 0. The molecule has 68 valence electrons. The molecule has 1 heterocycles. The molecule has 0 saturated heterocycles. The van der Waals surface area contributed by atoms with Crippen molar-refractivity contribution in [3.63, 3.8) is 0 Å². The predicted octanol–water partition coefficient (Wildman–Crippen LogP) is 2.41. The van der Waals surface area contributed by atoms with Gasteiger partial charge in [-0.3, -0.25) is 4.79 Å². The number of benzene rings is 1. The molecular weight excluding hydrogens is 188 g/mol. The number of carbonyl (C=O) groups excluding carboxylic acids is 1. The molecular formula is C10H9ClO2. The molecule has 1 aliphatic rings. The number of halogens is 1. The SMILES string of the molecule is CC(=O)C1COc2ccc(Cl)cc21. The zero-order valence-corrected chi connectivity index (χ0v) is 7.97. The normalized spacial score (nSPS) is 19.4. The van der Waals surface area contributed by atoms with Crippen molar-refractivity contribution in [3.8, 4) is 5.75 Å². The van der Waals surface area contributed by atoms with Gasteiger partial charge in [0.1, 0.15) is 18.1 Å². The van der Waals surface area contributed by atoms with E-state index in [1.165, 1.54) is 0 Å². The molecule has 2 rings (SSSR count). The van der Waals surface area contributed by atoms with E-state index in [9.17, 15) is 4.79 Å². The fourth-order valence-electron chi connectivity index (χ4n) is 1.52. The van der Waals surface area contributed by atoms with E-state index in [-0.39, 0.29) is 11.7 Å². The fraction of sp³-hybridized carbons (Fsp3) is 0.300. The number of ketones is 1. The Hall–Kier alpha value is -1.02. The van der Waals surface area contributed by atoms with Gasteiger partial charge in [-0.15, -0.1) is 0 Å². The second kappa shape index (κ2) is 3.04. The summed E-state index contributed by atoms with van der Waals surface area (Å²) in [6.07, 6.45) is 0. The Bertz CT molecular complexity index is 360. The third-order valence-electron chi connectivity index (χ3n) is 2.24. The van der Waals surface area contributed by atoms with Gasteiger partial charge in [0.2, 0.25) is 0 Å². The van der Waals surface area contributed by atoms with Gasteiger partial charge in [0.15, 0.2) is 0 Å². The zero-order valence-electron chi connectivity index (χ0n) is 7.21. The molecule has 3 heteroatoms. The Morgan fingerprint density at radius 3 is 3.08 bits per heavy atom. The number of ether oxygens (including phenoxy) is 1. The van der Waals surface area contributed by atoms with Crippen LogP contribution in [-0.4, -0.2) is 12.4 Å². The molecule has 0 bridgehead atoms. The molecule has 0 N–H and O–H groups in total. The zero-order chi connectivity index (χ0) is 9.42. The highest BCUT2D eigenvalue weighted by Crippen LogP contribution is 2.35. The van der Waals surface area contributed by atoms with Crippen molar-refractivity contribution in [2.45, 2.75) is 12.8 Å². The maximum Gasteiger partial charge on any atom is 0.140 e. The van der Waals surface area contributed by atoms with Crippen molar-refractivity contribution in [1.82, 2.24) is 0 Å². The molecule has 1 aromatic rings. The molecule has 0 aliphatic carbocycles. The highest BCUT2D eigenvalue weighted by Gasteiger charge is 2.27.